The molecule has 0 saturated heterocycles. The van der Waals surface area contributed by atoms with Gasteiger partial charge < -0.3 is 5.32 Å². The third kappa shape index (κ3) is 3.88. The topological polar surface area (TPSA) is 77.6 Å². The van der Waals surface area contributed by atoms with Gasteiger partial charge in [0.1, 0.15) is 0 Å². The summed E-state index contributed by atoms with van der Waals surface area (Å²) < 4.78 is 3.67. The SMILES string of the molecule is CCn1ncc2c(C(=O)Nc3ccc(Cn4cccn4)cc3)cc(-c3ccccc3)nc21. The summed E-state index contributed by atoms with van der Waals surface area (Å²) in [5.74, 6) is -0.190. The molecule has 0 aliphatic rings. The molecule has 0 saturated carbocycles. The van der Waals surface area contributed by atoms with Crippen molar-refractivity contribution in [3.8, 4) is 11.3 Å². The first kappa shape index (κ1) is 19.7. The number of amides is 1. The predicted molar refractivity (Wildman–Crippen MR) is 124 cm³/mol. The second kappa shape index (κ2) is 8.47. The lowest BCUT2D eigenvalue weighted by molar-refractivity contribution is 0.102. The summed E-state index contributed by atoms with van der Waals surface area (Å²) in [7, 11) is 0. The Morgan fingerprint density at radius 2 is 1.81 bits per heavy atom. The van der Waals surface area contributed by atoms with Gasteiger partial charge >= 0.3 is 0 Å². The highest BCUT2D eigenvalue weighted by Gasteiger charge is 2.17. The Kier molecular flexibility index (Phi) is 5.21. The molecule has 7 nitrogen and oxygen atoms in total. The van der Waals surface area contributed by atoms with Crippen LogP contribution in [0.4, 0.5) is 5.69 Å². The smallest absolute Gasteiger partial charge is 0.256 e. The van der Waals surface area contributed by atoms with Gasteiger partial charge in [-0.1, -0.05) is 42.5 Å². The highest BCUT2D eigenvalue weighted by Crippen LogP contribution is 2.26. The number of aromatic nitrogens is 5. The number of hydrogen-bond donors (Lipinski definition) is 1. The molecule has 3 heterocycles. The minimum Gasteiger partial charge on any atom is -0.322 e. The van der Waals surface area contributed by atoms with E-state index in [1.807, 2.05) is 89.2 Å². The molecule has 2 aromatic carbocycles. The Morgan fingerprint density at radius 3 is 2.53 bits per heavy atom. The van der Waals surface area contributed by atoms with Gasteiger partial charge in [-0.2, -0.15) is 10.2 Å². The van der Waals surface area contributed by atoms with E-state index in [1.54, 1.807) is 12.4 Å². The molecule has 32 heavy (non-hydrogen) atoms. The molecule has 3 aromatic heterocycles. The first-order valence-corrected chi connectivity index (χ1v) is 10.5. The Bertz CT molecular complexity index is 1360. The Labute approximate surface area is 185 Å². The molecule has 0 fully saturated rings. The average Bonchev–Trinajstić information content (AvgIpc) is 3.50. The number of fused-ring (bicyclic) bond motifs is 1. The molecular formula is C25H22N6O. The van der Waals surface area contributed by atoms with Gasteiger partial charge in [0, 0.05) is 30.2 Å². The summed E-state index contributed by atoms with van der Waals surface area (Å²) in [5.41, 5.74) is 4.79. The number of anilines is 1. The summed E-state index contributed by atoms with van der Waals surface area (Å²) in [6.45, 7) is 3.37. The maximum Gasteiger partial charge on any atom is 0.256 e. The minimum absolute atomic E-state index is 0.190. The molecular weight excluding hydrogens is 400 g/mol. The fourth-order valence-electron chi connectivity index (χ4n) is 3.70. The molecule has 1 amide bonds. The molecule has 0 atom stereocenters. The van der Waals surface area contributed by atoms with Crippen molar-refractivity contribution in [1.29, 1.82) is 0 Å². The maximum atomic E-state index is 13.3. The number of pyridine rings is 1. The van der Waals surface area contributed by atoms with Crippen molar-refractivity contribution in [2.75, 3.05) is 5.32 Å². The summed E-state index contributed by atoms with van der Waals surface area (Å²) in [4.78, 5) is 18.0. The lowest BCUT2D eigenvalue weighted by Gasteiger charge is -2.10. The first-order valence-electron chi connectivity index (χ1n) is 10.5. The number of nitrogens with zero attached hydrogens (tertiary/aromatic N) is 5. The molecule has 5 aromatic rings. The number of benzene rings is 2. The predicted octanol–water partition coefficient (Wildman–Crippen LogP) is 4.62. The fraction of sp³-hybridized carbons (Fsp3) is 0.120. The third-order valence-corrected chi connectivity index (χ3v) is 5.34. The van der Waals surface area contributed by atoms with Crippen LogP contribution in [0.5, 0.6) is 0 Å². The van der Waals surface area contributed by atoms with Crippen LogP contribution in [0.3, 0.4) is 0 Å². The van der Waals surface area contributed by atoms with E-state index in [0.29, 0.717) is 24.3 Å². The van der Waals surface area contributed by atoms with Crippen molar-refractivity contribution in [3.63, 3.8) is 0 Å². The molecule has 0 aliphatic heterocycles. The average molecular weight is 422 g/mol. The van der Waals surface area contributed by atoms with Crippen molar-refractivity contribution >= 4 is 22.6 Å². The number of carbonyl (C=O) groups excluding carboxylic acids is 1. The van der Waals surface area contributed by atoms with Crippen LogP contribution in [0.2, 0.25) is 0 Å². The van der Waals surface area contributed by atoms with E-state index in [9.17, 15) is 4.79 Å². The van der Waals surface area contributed by atoms with Crippen molar-refractivity contribution in [2.24, 2.45) is 0 Å². The van der Waals surface area contributed by atoms with Gasteiger partial charge in [0.15, 0.2) is 5.65 Å². The summed E-state index contributed by atoms with van der Waals surface area (Å²) in [6.07, 6.45) is 5.39. The molecule has 0 bridgehead atoms. The van der Waals surface area contributed by atoms with Crippen LogP contribution in [0.15, 0.2) is 85.3 Å². The summed E-state index contributed by atoms with van der Waals surface area (Å²) >= 11 is 0. The highest BCUT2D eigenvalue weighted by molar-refractivity contribution is 6.12. The Balaban J connectivity index is 1.45. The second-order valence-electron chi connectivity index (χ2n) is 7.47. The molecule has 158 valence electrons. The van der Waals surface area contributed by atoms with E-state index < -0.39 is 0 Å². The lowest BCUT2D eigenvalue weighted by Crippen LogP contribution is -2.13. The molecule has 0 radical (unpaired) electrons. The van der Waals surface area contributed by atoms with Crippen LogP contribution in [0.1, 0.15) is 22.8 Å². The molecule has 0 aliphatic carbocycles. The van der Waals surface area contributed by atoms with E-state index in [0.717, 1.165) is 27.9 Å². The molecule has 1 N–H and O–H groups in total. The number of rotatable bonds is 6. The zero-order chi connectivity index (χ0) is 21.9. The highest BCUT2D eigenvalue weighted by atomic mass is 16.1. The van der Waals surface area contributed by atoms with E-state index in [2.05, 4.69) is 15.5 Å². The fourth-order valence-corrected chi connectivity index (χ4v) is 3.70. The van der Waals surface area contributed by atoms with Gasteiger partial charge in [-0.05, 0) is 36.8 Å². The minimum atomic E-state index is -0.190. The van der Waals surface area contributed by atoms with E-state index in [-0.39, 0.29) is 5.91 Å². The number of carbonyl (C=O) groups is 1. The van der Waals surface area contributed by atoms with E-state index >= 15 is 0 Å². The molecule has 5 rings (SSSR count). The van der Waals surface area contributed by atoms with E-state index in [1.165, 1.54) is 0 Å². The van der Waals surface area contributed by atoms with Crippen LogP contribution in [-0.2, 0) is 13.1 Å². The lowest BCUT2D eigenvalue weighted by atomic mass is 10.1. The zero-order valence-corrected chi connectivity index (χ0v) is 17.6. The molecule has 0 spiro atoms. The van der Waals surface area contributed by atoms with Crippen molar-refractivity contribution in [2.45, 2.75) is 20.0 Å². The zero-order valence-electron chi connectivity index (χ0n) is 17.6. The standard InChI is InChI=1S/C25H22N6O/c1-2-31-24-22(16-27-31)21(15-23(29-24)19-7-4-3-5-8-19)25(32)28-20-11-9-18(10-12-20)17-30-14-6-13-26-30/h3-16H,2,17H2,1H3,(H,28,32). The van der Waals surface area contributed by atoms with Gasteiger partial charge in [0.05, 0.1) is 29.4 Å². The quantitative estimate of drug-likeness (QED) is 0.433. The van der Waals surface area contributed by atoms with Crippen molar-refractivity contribution in [1.82, 2.24) is 24.5 Å². The van der Waals surface area contributed by atoms with Gasteiger partial charge in [0.25, 0.3) is 5.91 Å². The van der Waals surface area contributed by atoms with Crippen molar-refractivity contribution < 1.29 is 4.79 Å². The summed E-state index contributed by atoms with van der Waals surface area (Å²) in [6, 6.07) is 21.4. The van der Waals surface area contributed by atoms with Crippen LogP contribution in [0, 0.1) is 0 Å². The number of hydrogen-bond acceptors (Lipinski definition) is 4. The van der Waals surface area contributed by atoms with E-state index in [4.69, 9.17) is 4.98 Å². The third-order valence-electron chi connectivity index (χ3n) is 5.34. The maximum absolute atomic E-state index is 13.3. The van der Waals surface area contributed by atoms with Crippen LogP contribution in [-0.4, -0.2) is 30.5 Å². The molecule has 0 unspecified atom stereocenters. The second-order valence-corrected chi connectivity index (χ2v) is 7.47. The largest absolute Gasteiger partial charge is 0.322 e. The summed E-state index contributed by atoms with van der Waals surface area (Å²) in [5, 5.41) is 12.4. The van der Waals surface area contributed by atoms with Gasteiger partial charge in [-0.25, -0.2) is 9.67 Å². The van der Waals surface area contributed by atoms with Crippen LogP contribution < -0.4 is 5.32 Å². The van der Waals surface area contributed by atoms with Gasteiger partial charge in [-0.3, -0.25) is 9.48 Å². The number of nitrogens with one attached hydrogen (secondary N) is 1. The van der Waals surface area contributed by atoms with Gasteiger partial charge in [0.2, 0.25) is 0 Å². The van der Waals surface area contributed by atoms with Crippen LogP contribution in [0.25, 0.3) is 22.3 Å². The number of aryl methyl sites for hydroxylation is 1. The van der Waals surface area contributed by atoms with Crippen LogP contribution >= 0.6 is 0 Å². The Morgan fingerprint density at radius 1 is 1.00 bits per heavy atom. The first-order chi connectivity index (χ1) is 15.7. The molecule has 7 heteroatoms. The van der Waals surface area contributed by atoms with Crippen molar-refractivity contribution in [3.05, 3.63) is 96.4 Å². The van der Waals surface area contributed by atoms with Gasteiger partial charge in [-0.15, -0.1) is 0 Å². The monoisotopic (exact) mass is 422 g/mol. The Hall–Kier alpha value is -4.26. The normalized spacial score (nSPS) is 11.0.